The lowest BCUT2D eigenvalue weighted by Gasteiger charge is -2.05. The van der Waals surface area contributed by atoms with E-state index in [4.69, 9.17) is 9.22 Å². The summed E-state index contributed by atoms with van der Waals surface area (Å²) in [6, 6.07) is 2.55. The summed E-state index contributed by atoms with van der Waals surface area (Å²) in [6.07, 6.45) is 2.75. The molecule has 0 aromatic carbocycles. The topological polar surface area (TPSA) is 90.1 Å². The average Bonchev–Trinajstić information content (AvgIpc) is 2.80. The molecule has 0 unspecified atom stereocenters. The van der Waals surface area contributed by atoms with Crippen LogP contribution < -0.4 is 4.74 Å². The predicted molar refractivity (Wildman–Crippen MR) is 52.7 cm³/mol. The van der Waals surface area contributed by atoms with E-state index in [1.54, 1.807) is 0 Å². The molecule has 0 atom stereocenters. The van der Waals surface area contributed by atoms with Crippen molar-refractivity contribution in [1.82, 2.24) is 20.0 Å². The van der Waals surface area contributed by atoms with Crippen LogP contribution in [0.3, 0.4) is 0 Å². The molecule has 0 bridgehead atoms. The van der Waals surface area contributed by atoms with Gasteiger partial charge in [0.15, 0.2) is 5.69 Å². The Morgan fingerprint density at radius 2 is 2.25 bits per heavy atom. The third-order valence-electron chi connectivity index (χ3n) is 1.79. The number of carbonyl (C=O) groups is 1. The van der Waals surface area contributed by atoms with Crippen LogP contribution in [-0.2, 0) is 0 Å². The van der Waals surface area contributed by atoms with Gasteiger partial charge < -0.3 is 9.84 Å². The normalized spacial score (nSPS) is 13.6. The zero-order valence-corrected chi connectivity index (χ0v) is 7.86. The van der Waals surface area contributed by atoms with Crippen molar-refractivity contribution in [2.45, 2.75) is 0 Å². The van der Waals surface area contributed by atoms with E-state index in [9.17, 15) is 4.79 Å². The molecule has 16 heavy (non-hydrogen) atoms. The summed E-state index contributed by atoms with van der Waals surface area (Å²) in [5.74, 6) is -1.66. The molecule has 0 spiro atoms. The van der Waals surface area contributed by atoms with Crippen LogP contribution in [0.15, 0.2) is 24.5 Å². The minimum Gasteiger partial charge on any atom is -0.481 e. The van der Waals surface area contributed by atoms with Crippen LogP contribution in [0.2, 0.25) is 0 Å². The molecule has 0 amide bonds. The van der Waals surface area contributed by atoms with Crippen molar-refractivity contribution in [3.05, 3.63) is 30.2 Å². The number of hydrogen-bond donors (Lipinski definition) is 1. The summed E-state index contributed by atoms with van der Waals surface area (Å²) < 4.78 is 25.3. The first-order chi connectivity index (χ1) is 8.87. The number of aromatic carboxylic acids is 1. The van der Waals surface area contributed by atoms with Gasteiger partial charge in [-0.3, -0.25) is 0 Å². The van der Waals surface area contributed by atoms with E-state index in [-0.39, 0.29) is 11.6 Å². The molecule has 2 heterocycles. The highest BCUT2D eigenvalue weighted by Crippen LogP contribution is 2.15. The summed E-state index contributed by atoms with van der Waals surface area (Å²) in [5, 5.41) is 16.6. The number of nitrogens with zero attached hydrogens (tertiary/aromatic N) is 4. The fourth-order valence-corrected chi connectivity index (χ4v) is 1.15. The Morgan fingerprint density at radius 1 is 1.50 bits per heavy atom. The predicted octanol–water partition coefficient (Wildman–Crippen LogP) is 0.369. The summed E-state index contributed by atoms with van der Waals surface area (Å²) in [6.45, 7) is 0. The van der Waals surface area contributed by atoms with Crippen LogP contribution in [0.25, 0.3) is 5.69 Å². The van der Waals surface area contributed by atoms with Gasteiger partial charge in [0, 0.05) is 6.07 Å². The standard InChI is InChI=1S/C9H8N4O3/c1-16-7-3-2-6(8(12-7)9(14)15)13-10-4-5-11-13/h2-5H,1H3,(H,14,15)/i1D3. The van der Waals surface area contributed by atoms with Crippen LogP contribution in [0.1, 0.15) is 14.6 Å². The molecule has 0 radical (unpaired) electrons. The molecule has 1 N–H and O–H groups in total. The zero-order chi connectivity index (χ0) is 14.0. The van der Waals surface area contributed by atoms with Gasteiger partial charge in [0.2, 0.25) is 5.88 Å². The van der Waals surface area contributed by atoms with Crippen molar-refractivity contribution in [2.24, 2.45) is 0 Å². The molecule has 0 aliphatic carbocycles. The van der Waals surface area contributed by atoms with Crippen LogP contribution in [0.4, 0.5) is 0 Å². The maximum Gasteiger partial charge on any atom is 0.356 e. The molecule has 2 aromatic rings. The third kappa shape index (κ3) is 1.70. The number of methoxy groups -OCH3 is 1. The highest BCUT2D eigenvalue weighted by atomic mass is 16.5. The number of ether oxygens (including phenoxy) is 1. The monoisotopic (exact) mass is 223 g/mol. The molecule has 7 nitrogen and oxygen atoms in total. The second-order valence-corrected chi connectivity index (χ2v) is 2.74. The lowest BCUT2D eigenvalue weighted by molar-refractivity contribution is 0.0689. The van der Waals surface area contributed by atoms with E-state index in [1.807, 2.05) is 0 Å². The van der Waals surface area contributed by atoms with Crippen LogP contribution in [0, 0.1) is 0 Å². The Labute approximate surface area is 94.5 Å². The Kier molecular flexibility index (Phi) is 1.72. The molecule has 2 rings (SSSR count). The summed E-state index contributed by atoms with van der Waals surface area (Å²) in [5.41, 5.74) is -0.298. The number of carboxylic acid groups (broad SMARTS) is 1. The lowest BCUT2D eigenvalue weighted by Crippen LogP contribution is -2.10. The summed E-state index contributed by atoms with van der Waals surface area (Å²) in [7, 11) is -2.70. The highest BCUT2D eigenvalue weighted by Gasteiger charge is 2.15. The highest BCUT2D eigenvalue weighted by molar-refractivity contribution is 5.89. The Bertz CT molecular complexity index is 597. The zero-order valence-electron chi connectivity index (χ0n) is 10.9. The number of rotatable bonds is 3. The number of carboxylic acids is 1. The number of pyridine rings is 1. The Hall–Kier alpha value is -2.44. The van der Waals surface area contributed by atoms with Crippen molar-refractivity contribution >= 4 is 5.97 Å². The molecule has 0 saturated carbocycles. The molecule has 0 aliphatic rings. The molecular formula is C9H8N4O3. The second kappa shape index (κ2) is 3.97. The first kappa shape index (κ1) is 6.94. The minimum atomic E-state index is -2.70. The van der Waals surface area contributed by atoms with E-state index in [1.165, 1.54) is 24.5 Å². The van der Waals surface area contributed by atoms with Crippen LogP contribution in [0.5, 0.6) is 5.88 Å². The van der Waals surface area contributed by atoms with Gasteiger partial charge in [-0.05, 0) is 6.07 Å². The van der Waals surface area contributed by atoms with Crippen LogP contribution >= 0.6 is 0 Å². The van der Waals surface area contributed by atoms with Gasteiger partial charge in [0.05, 0.1) is 23.5 Å². The SMILES string of the molecule is [2H]C([2H])([2H])Oc1ccc(-n2nccn2)c(C(=O)O)n1. The maximum absolute atomic E-state index is 11.1. The van der Waals surface area contributed by atoms with E-state index >= 15 is 0 Å². The van der Waals surface area contributed by atoms with Gasteiger partial charge in [-0.25, -0.2) is 9.78 Å². The van der Waals surface area contributed by atoms with E-state index in [0.29, 0.717) is 0 Å². The average molecular weight is 223 g/mol. The molecule has 0 saturated heterocycles. The summed E-state index contributed by atoms with van der Waals surface area (Å²) in [4.78, 5) is 15.8. The minimum absolute atomic E-state index is 0.107. The van der Waals surface area contributed by atoms with E-state index in [0.717, 1.165) is 4.80 Å². The van der Waals surface area contributed by atoms with Crippen molar-refractivity contribution < 1.29 is 18.8 Å². The fraction of sp³-hybridized carbons (Fsp3) is 0.111. The number of aromatic nitrogens is 4. The van der Waals surface area contributed by atoms with Gasteiger partial charge in [-0.1, -0.05) is 0 Å². The van der Waals surface area contributed by atoms with Gasteiger partial charge in [-0.2, -0.15) is 10.2 Å². The van der Waals surface area contributed by atoms with Crippen molar-refractivity contribution in [1.29, 1.82) is 0 Å². The Morgan fingerprint density at radius 3 is 2.88 bits per heavy atom. The quantitative estimate of drug-likeness (QED) is 0.808. The molecule has 0 fully saturated rings. The molecule has 2 aromatic heterocycles. The maximum atomic E-state index is 11.1. The molecular weight excluding hydrogens is 212 g/mol. The van der Waals surface area contributed by atoms with Gasteiger partial charge >= 0.3 is 5.97 Å². The number of hydrogen-bond acceptors (Lipinski definition) is 5. The Balaban J connectivity index is 2.45. The van der Waals surface area contributed by atoms with Gasteiger partial charge in [0.1, 0.15) is 5.69 Å². The molecule has 0 aliphatic heterocycles. The lowest BCUT2D eigenvalue weighted by atomic mass is 10.3. The fourth-order valence-electron chi connectivity index (χ4n) is 1.15. The van der Waals surface area contributed by atoms with Crippen molar-refractivity contribution in [3.63, 3.8) is 0 Å². The van der Waals surface area contributed by atoms with Crippen molar-refractivity contribution in [3.8, 4) is 11.6 Å². The second-order valence-electron chi connectivity index (χ2n) is 2.74. The van der Waals surface area contributed by atoms with Crippen molar-refractivity contribution in [2.75, 3.05) is 7.04 Å². The molecule has 82 valence electrons. The summed E-state index contributed by atoms with van der Waals surface area (Å²) >= 11 is 0. The van der Waals surface area contributed by atoms with E-state index < -0.39 is 18.7 Å². The third-order valence-corrected chi connectivity index (χ3v) is 1.79. The largest absolute Gasteiger partial charge is 0.481 e. The molecule has 7 heteroatoms. The smallest absolute Gasteiger partial charge is 0.356 e. The first-order valence-electron chi connectivity index (χ1n) is 5.67. The van der Waals surface area contributed by atoms with E-state index in [2.05, 4.69) is 19.9 Å². The van der Waals surface area contributed by atoms with Crippen LogP contribution in [-0.4, -0.2) is 38.1 Å². The first-order valence-corrected chi connectivity index (χ1v) is 4.17. The van der Waals surface area contributed by atoms with Gasteiger partial charge in [-0.15, -0.1) is 4.80 Å². The van der Waals surface area contributed by atoms with Gasteiger partial charge in [0.25, 0.3) is 0 Å².